The van der Waals surface area contributed by atoms with Crippen LogP contribution in [0.2, 0.25) is 0 Å². The van der Waals surface area contributed by atoms with Crippen LogP contribution in [-0.2, 0) is 10.0 Å². The van der Waals surface area contributed by atoms with Gasteiger partial charge >= 0.3 is 0 Å². The van der Waals surface area contributed by atoms with E-state index >= 15 is 0 Å². The van der Waals surface area contributed by atoms with Gasteiger partial charge in [0.15, 0.2) is 0 Å². The van der Waals surface area contributed by atoms with Crippen LogP contribution in [-0.4, -0.2) is 51.9 Å². The lowest BCUT2D eigenvalue weighted by atomic mass is 10.1. The topological polar surface area (TPSA) is 70.9 Å². The highest BCUT2D eigenvalue weighted by Crippen LogP contribution is 2.21. The zero-order chi connectivity index (χ0) is 20.3. The molecule has 150 valence electrons. The van der Waals surface area contributed by atoms with Gasteiger partial charge in [0.25, 0.3) is 15.9 Å². The van der Waals surface area contributed by atoms with Crippen LogP contribution in [0.1, 0.15) is 28.4 Å². The highest BCUT2D eigenvalue weighted by Gasteiger charge is 2.25. The molecule has 1 saturated heterocycles. The van der Waals surface area contributed by atoms with Crippen LogP contribution in [0.5, 0.6) is 0 Å². The van der Waals surface area contributed by atoms with E-state index < -0.39 is 10.0 Å². The minimum atomic E-state index is -3.77. The Bertz CT molecular complexity index is 965. The van der Waals surface area contributed by atoms with Gasteiger partial charge in [0.05, 0.1) is 43.3 Å². The molecule has 0 atom stereocenters. The molecule has 0 unspecified atom stereocenters. The number of nitrogens with one attached hydrogen (secondary N) is 2. The molecule has 0 aliphatic carbocycles. The van der Waals surface area contributed by atoms with Gasteiger partial charge < -0.3 is 9.80 Å². The lowest BCUT2D eigenvalue weighted by Gasteiger charge is -2.31. The van der Waals surface area contributed by atoms with E-state index in [0.29, 0.717) is 24.3 Å². The van der Waals surface area contributed by atoms with Crippen molar-refractivity contribution in [2.24, 2.45) is 0 Å². The Balaban J connectivity index is 1.79. The van der Waals surface area contributed by atoms with E-state index in [4.69, 9.17) is 0 Å². The van der Waals surface area contributed by atoms with E-state index in [1.165, 1.54) is 17.0 Å². The van der Waals surface area contributed by atoms with Gasteiger partial charge in [0, 0.05) is 5.56 Å². The summed E-state index contributed by atoms with van der Waals surface area (Å²) in [5.41, 5.74) is 2.87. The summed E-state index contributed by atoms with van der Waals surface area (Å²) in [4.78, 5) is 16.2. The number of hydrogen-bond donors (Lipinski definition) is 2. The summed E-state index contributed by atoms with van der Waals surface area (Å²) < 4.78 is 28.3. The van der Waals surface area contributed by atoms with Gasteiger partial charge in [-0.3, -0.25) is 9.52 Å². The van der Waals surface area contributed by atoms with Gasteiger partial charge in [0.2, 0.25) is 0 Å². The van der Waals surface area contributed by atoms with Gasteiger partial charge in [0.1, 0.15) is 0 Å². The molecule has 2 N–H and O–H groups in total. The number of sulfonamides is 1. The standard InChI is InChI=1S/C21H27N3O3S/c1-4-23-10-12-24(13-11-23)21(25)18-6-5-7-19(15-18)28(26,27)22-20-9-8-16(2)14-17(20)3/h5-9,14-15,22H,4,10-13H2,1-3H3/p+1. The molecule has 0 spiro atoms. The Labute approximate surface area is 167 Å². The number of hydrogen-bond acceptors (Lipinski definition) is 3. The van der Waals surface area contributed by atoms with Crippen LogP contribution < -0.4 is 9.62 Å². The monoisotopic (exact) mass is 402 g/mol. The lowest BCUT2D eigenvalue weighted by Crippen LogP contribution is -3.14. The zero-order valence-electron chi connectivity index (χ0n) is 16.7. The molecule has 2 aromatic carbocycles. The van der Waals surface area contributed by atoms with Gasteiger partial charge in [-0.05, 0) is 50.6 Å². The number of piperazine rings is 1. The number of quaternary nitrogens is 1. The largest absolute Gasteiger partial charge is 0.332 e. The van der Waals surface area contributed by atoms with Gasteiger partial charge in [-0.1, -0.05) is 23.8 Å². The molecule has 1 heterocycles. The average Bonchev–Trinajstić information content (AvgIpc) is 2.70. The Morgan fingerprint density at radius 3 is 2.46 bits per heavy atom. The van der Waals surface area contributed by atoms with E-state index in [1.54, 1.807) is 18.2 Å². The molecule has 1 aliphatic rings. The van der Waals surface area contributed by atoms with Gasteiger partial charge in [-0.15, -0.1) is 0 Å². The summed E-state index contributed by atoms with van der Waals surface area (Å²) in [6, 6.07) is 11.8. The van der Waals surface area contributed by atoms with Crippen molar-refractivity contribution in [1.82, 2.24) is 4.90 Å². The Morgan fingerprint density at radius 1 is 1.11 bits per heavy atom. The second-order valence-corrected chi connectivity index (χ2v) is 9.03. The van der Waals surface area contributed by atoms with Crippen molar-refractivity contribution in [3.8, 4) is 0 Å². The molecule has 6 nitrogen and oxygen atoms in total. The molecule has 1 amide bonds. The molecule has 1 fully saturated rings. The van der Waals surface area contributed by atoms with Crippen LogP contribution in [0, 0.1) is 13.8 Å². The maximum Gasteiger partial charge on any atom is 0.261 e. The van der Waals surface area contributed by atoms with Gasteiger partial charge in [-0.2, -0.15) is 0 Å². The van der Waals surface area contributed by atoms with Crippen LogP contribution in [0.4, 0.5) is 5.69 Å². The van der Waals surface area contributed by atoms with Crippen LogP contribution in [0.3, 0.4) is 0 Å². The second kappa shape index (κ2) is 8.32. The fourth-order valence-electron chi connectivity index (χ4n) is 3.49. The summed E-state index contributed by atoms with van der Waals surface area (Å²) in [5.74, 6) is -0.112. The first kappa shape index (κ1) is 20.4. The first-order valence-corrected chi connectivity index (χ1v) is 11.1. The molecule has 0 saturated carbocycles. The van der Waals surface area contributed by atoms with Crippen LogP contribution in [0.25, 0.3) is 0 Å². The molecular formula is C21H28N3O3S+. The van der Waals surface area contributed by atoms with Crippen molar-refractivity contribution in [1.29, 1.82) is 0 Å². The van der Waals surface area contributed by atoms with Crippen molar-refractivity contribution < 1.29 is 18.1 Å². The number of rotatable bonds is 5. The fourth-order valence-corrected chi connectivity index (χ4v) is 4.67. The maximum absolute atomic E-state index is 12.8. The summed E-state index contributed by atoms with van der Waals surface area (Å²) in [5, 5.41) is 0. The van der Waals surface area contributed by atoms with E-state index in [0.717, 1.165) is 30.8 Å². The van der Waals surface area contributed by atoms with E-state index in [2.05, 4.69) is 11.6 Å². The predicted molar refractivity (Wildman–Crippen MR) is 110 cm³/mol. The molecule has 0 bridgehead atoms. The SMILES string of the molecule is CC[NH+]1CCN(C(=O)c2cccc(S(=O)(=O)Nc3ccc(C)cc3C)c2)CC1. The second-order valence-electron chi connectivity index (χ2n) is 7.35. The number of carbonyl (C=O) groups excluding carboxylic acids is 1. The normalized spacial score (nSPS) is 15.5. The van der Waals surface area contributed by atoms with E-state index in [-0.39, 0.29) is 10.8 Å². The molecule has 1 aliphatic heterocycles. The first-order chi connectivity index (χ1) is 13.3. The van der Waals surface area contributed by atoms with Crippen molar-refractivity contribution in [3.63, 3.8) is 0 Å². The lowest BCUT2D eigenvalue weighted by molar-refractivity contribution is -0.902. The molecular weight excluding hydrogens is 374 g/mol. The quantitative estimate of drug-likeness (QED) is 0.796. The number of aryl methyl sites for hydroxylation is 2. The van der Waals surface area contributed by atoms with Gasteiger partial charge in [-0.25, -0.2) is 8.42 Å². The first-order valence-electron chi connectivity index (χ1n) is 9.63. The third-order valence-corrected chi connectivity index (χ3v) is 6.64. The van der Waals surface area contributed by atoms with Crippen LogP contribution in [0.15, 0.2) is 47.4 Å². The summed E-state index contributed by atoms with van der Waals surface area (Å²) in [7, 11) is -3.77. The molecule has 3 rings (SSSR count). The van der Waals surface area contributed by atoms with Crippen molar-refractivity contribution in [3.05, 3.63) is 59.2 Å². The Kier molecular flexibility index (Phi) is 6.05. The average molecular weight is 403 g/mol. The molecule has 2 aromatic rings. The Hall–Kier alpha value is -2.38. The van der Waals surface area contributed by atoms with E-state index in [9.17, 15) is 13.2 Å². The fraction of sp³-hybridized carbons (Fsp3) is 0.381. The molecule has 0 radical (unpaired) electrons. The number of likely N-dealkylation sites (N-methyl/N-ethyl adjacent to an activating group) is 1. The predicted octanol–water partition coefficient (Wildman–Crippen LogP) is 1.46. The van der Waals surface area contributed by atoms with Crippen molar-refractivity contribution >= 4 is 21.6 Å². The van der Waals surface area contributed by atoms with E-state index in [1.807, 2.05) is 30.9 Å². The highest BCUT2D eigenvalue weighted by atomic mass is 32.2. The minimum Gasteiger partial charge on any atom is -0.332 e. The van der Waals surface area contributed by atoms with Crippen molar-refractivity contribution in [2.75, 3.05) is 37.4 Å². The smallest absolute Gasteiger partial charge is 0.261 e. The van der Waals surface area contributed by atoms with Crippen LogP contribution >= 0.6 is 0 Å². The maximum atomic E-state index is 12.8. The Morgan fingerprint density at radius 2 is 1.82 bits per heavy atom. The number of anilines is 1. The third kappa shape index (κ3) is 4.54. The number of nitrogens with zero attached hydrogens (tertiary/aromatic N) is 1. The molecule has 7 heteroatoms. The number of carbonyl (C=O) groups is 1. The third-order valence-electron chi connectivity index (χ3n) is 5.28. The summed E-state index contributed by atoms with van der Waals surface area (Å²) in [6.45, 7) is 10.3. The summed E-state index contributed by atoms with van der Waals surface area (Å²) in [6.07, 6.45) is 0. The minimum absolute atomic E-state index is 0.0937. The highest BCUT2D eigenvalue weighted by molar-refractivity contribution is 7.92. The van der Waals surface area contributed by atoms with Crippen molar-refractivity contribution in [2.45, 2.75) is 25.7 Å². The number of benzene rings is 2. The molecule has 0 aromatic heterocycles. The zero-order valence-corrected chi connectivity index (χ0v) is 17.5. The molecule has 28 heavy (non-hydrogen) atoms. The summed E-state index contributed by atoms with van der Waals surface area (Å²) >= 11 is 0. The number of amides is 1.